The van der Waals surface area contributed by atoms with E-state index in [1.54, 1.807) is 0 Å². The van der Waals surface area contributed by atoms with Crippen LogP contribution in [0, 0.1) is 5.92 Å². The van der Waals surface area contributed by atoms with Crippen LogP contribution in [-0.4, -0.2) is 36.5 Å². The van der Waals surface area contributed by atoms with E-state index in [1.807, 2.05) is 24.3 Å². The van der Waals surface area contributed by atoms with Crippen LogP contribution in [-0.2, 0) is 0 Å². The summed E-state index contributed by atoms with van der Waals surface area (Å²) < 4.78 is 0. The second kappa shape index (κ2) is 9.19. The molecule has 4 rings (SSSR count). The molecule has 0 aromatic heterocycles. The largest absolute Gasteiger partial charge is 0.378 e. The number of likely N-dealkylation sites (N-methyl/N-ethyl adjacent to an activating group) is 1. The van der Waals surface area contributed by atoms with Crippen molar-refractivity contribution in [2.24, 2.45) is 11.7 Å². The molecule has 4 atom stereocenters. The number of fused-ring (bicyclic) bond motifs is 1. The van der Waals surface area contributed by atoms with Gasteiger partial charge in [0.2, 0.25) is 0 Å². The van der Waals surface area contributed by atoms with E-state index in [1.165, 1.54) is 12.0 Å². The summed E-state index contributed by atoms with van der Waals surface area (Å²) in [6, 6.07) is 16.9. The van der Waals surface area contributed by atoms with Crippen molar-refractivity contribution >= 4 is 11.6 Å². The van der Waals surface area contributed by atoms with Crippen LogP contribution in [0.2, 0.25) is 0 Å². The highest BCUT2D eigenvalue weighted by molar-refractivity contribution is 5.95. The summed E-state index contributed by atoms with van der Waals surface area (Å²) in [6.07, 6.45) is 3.35. The molecule has 1 fully saturated rings. The predicted molar refractivity (Wildman–Crippen MR) is 123 cm³/mol. The molecular formula is C25H34N4O. The fourth-order valence-corrected chi connectivity index (χ4v) is 5.16. The average Bonchev–Trinajstić information content (AvgIpc) is 3.25. The van der Waals surface area contributed by atoms with Gasteiger partial charge in [0.1, 0.15) is 0 Å². The molecule has 0 aliphatic carbocycles. The van der Waals surface area contributed by atoms with Gasteiger partial charge in [0, 0.05) is 35.8 Å². The highest BCUT2D eigenvalue weighted by Gasteiger charge is 2.34. The first-order chi connectivity index (χ1) is 14.6. The Balaban J connectivity index is 1.50. The Morgan fingerprint density at radius 2 is 2.00 bits per heavy atom. The molecule has 160 valence electrons. The highest BCUT2D eigenvalue weighted by Crippen LogP contribution is 2.43. The number of carbonyl (C=O) groups is 1. The molecule has 2 unspecified atom stereocenters. The molecule has 2 aromatic rings. The standard InChI is InChI=1S/C25H34N4O/c1-3-20-23(26)21-15-18(25(30)27-16-19-11-8-14-29(19)4-2)12-13-22(21)28-24(20)17-9-6-5-7-10-17/h5-7,9-10,12-13,15,19-20,23-24,28H,3-4,8,11,14,16,26H2,1-2H3,(H,27,30)/t19?,20-,23+,24?/m1/s1. The van der Waals surface area contributed by atoms with E-state index in [0.717, 1.165) is 37.2 Å². The summed E-state index contributed by atoms with van der Waals surface area (Å²) in [6.45, 7) is 7.26. The van der Waals surface area contributed by atoms with Crippen LogP contribution < -0.4 is 16.4 Å². The van der Waals surface area contributed by atoms with Gasteiger partial charge in [-0.15, -0.1) is 0 Å². The van der Waals surface area contributed by atoms with Crippen molar-refractivity contribution in [3.63, 3.8) is 0 Å². The summed E-state index contributed by atoms with van der Waals surface area (Å²) in [5, 5.41) is 6.83. The Morgan fingerprint density at radius 3 is 2.73 bits per heavy atom. The molecule has 4 N–H and O–H groups in total. The van der Waals surface area contributed by atoms with Gasteiger partial charge in [-0.05, 0) is 61.7 Å². The van der Waals surface area contributed by atoms with Gasteiger partial charge in [-0.25, -0.2) is 0 Å². The summed E-state index contributed by atoms with van der Waals surface area (Å²) >= 11 is 0. The number of amides is 1. The van der Waals surface area contributed by atoms with Gasteiger partial charge in [-0.2, -0.15) is 0 Å². The lowest BCUT2D eigenvalue weighted by atomic mass is 9.78. The number of hydrogen-bond acceptors (Lipinski definition) is 4. The minimum absolute atomic E-state index is 0.00816. The van der Waals surface area contributed by atoms with Crippen molar-refractivity contribution < 1.29 is 4.79 Å². The lowest BCUT2D eigenvalue weighted by molar-refractivity contribution is 0.0941. The fraction of sp³-hybridized carbons (Fsp3) is 0.480. The van der Waals surface area contributed by atoms with Gasteiger partial charge >= 0.3 is 0 Å². The van der Waals surface area contributed by atoms with Crippen molar-refractivity contribution in [2.45, 2.75) is 51.2 Å². The van der Waals surface area contributed by atoms with E-state index >= 15 is 0 Å². The molecule has 5 heteroatoms. The molecule has 30 heavy (non-hydrogen) atoms. The third kappa shape index (κ3) is 4.09. The van der Waals surface area contributed by atoms with Crippen molar-refractivity contribution in [1.29, 1.82) is 0 Å². The molecule has 2 aromatic carbocycles. The molecule has 0 spiro atoms. The highest BCUT2D eigenvalue weighted by atomic mass is 16.1. The summed E-state index contributed by atoms with van der Waals surface area (Å²) in [7, 11) is 0. The first-order valence-electron chi connectivity index (χ1n) is 11.4. The van der Waals surface area contributed by atoms with E-state index in [0.29, 0.717) is 18.2 Å². The van der Waals surface area contributed by atoms with Gasteiger partial charge in [0.15, 0.2) is 0 Å². The van der Waals surface area contributed by atoms with Crippen molar-refractivity contribution in [2.75, 3.05) is 25.0 Å². The quantitative estimate of drug-likeness (QED) is 0.676. The lowest BCUT2D eigenvalue weighted by Crippen LogP contribution is -2.40. The Bertz CT molecular complexity index is 869. The van der Waals surface area contributed by atoms with E-state index in [-0.39, 0.29) is 23.9 Å². The summed E-state index contributed by atoms with van der Waals surface area (Å²) in [5.41, 5.74) is 10.8. The molecule has 0 radical (unpaired) electrons. The summed E-state index contributed by atoms with van der Waals surface area (Å²) in [4.78, 5) is 15.3. The molecule has 0 bridgehead atoms. The Hall–Kier alpha value is -2.37. The Kier molecular flexibility index (Phi) is 6.40. The van der Waals surface area contributed by atoms with E-state index in [9.17, 15) is 4.79 Å². The minimum Gasteiger partial charge on any atom is -0.378 e. The zero-order valence-corrected chi connectivity index (χ0v) is 18.1. The van der Waals surface area contributed by atoms with Crippen LogP contribution in [0.1, 0.15) is 66.7 Å². The molecule has 1 amide bonds. The number of benzene rings is 2. The van der Waals surface area contributed by atoms with Crippen LogP contribution >= 0.6 is 0 Å². The number of rotatable bonds is 6. The van der Waals surface area contributed by atoms with Crippen molar-refractivity contribution in [1.82, 2.24) is 10.2 Å². The molecule has 1 saturated heterocycles. The second-order valence-corrected chi connectivity index (χ2v) is 8.57. The van der Waals surface area contributed by atoms with Crippen LogP contribution in [0.5, 0.6) is 0 Å². The number of likely N-dealkylation sites (tertiary alicyclic amines) is 1. The molecule has 2 aliphatic heterocycles. The third-order valence-corrected chi connectivity index (χ3v) is 6.91. The van der Waals surface area contributed by atoms with Crippen molar-refractivity contribution in [3.8, 4) is 0 Å². The zero-order valence-electron chi connectivity index (χ0n) is 18.1. The number of nitrogens with zero attached hydrogens (tertiary/aromatic N) is 1. The van der Waals surface area contributed by atoms with Gasteiger partial charge in [-0.1, -0.05) is 44.2 Å². The van der Waals surface area contributed by atoms with E-state index < -0.39 is 0 Å². The van der Waals surface area contributed by atoms with E-state index in [2.05, 4.69) is 53.6 Å². The Labute approximate surface area is 180 Å². The number of anilines is 1. The van der Waals surface area contributed by atoms with Gasteiger partial charge in [0.25, 0.3) is 5.91 Å². The predicted octanol–water partition coefficient (Wildman–Crippen LogP) is 4.09. The second-order valence-electron chi connectivity index (χ2n) is 8.57. The lowest BCUT2D eigenvalue weighted by Gasteiger charge is -2.39. The monoisotopic (exact) mass is 406 g/mol. The molecule has 0 saturated carbocycles. The van der Waals surface area contributed by atoms with E-state index in [4.69, 9.17) is 5.73 Å². The smallest absolute Gasteiger partial charge is 0.251 e. The minimum atomic E-state index is -0.102. The normalized spacial score (nSPS) is 26.1. The zero-order chi connectivity index (χ0) is 21.1. The van der Waals surface area contributed by atoms with Gasteiger partial charge in [-0.3, -0.25) is 9.69 Å². The molecule has 2 heterocycles. The maximum absolute atomic E-state index is 12.8. The van der Waals surface area contributed by atoms with Gasteiger partial charge < -0.3 is 16.4 Å². The topological polar surface area (TPSA) is 70.4 Å². The van der Waals surface area contributed by atoms with Crippen molar-refractivity contribution in [3.05, 3.63) is 65.2 Å². The third-order valence-electron chi connectivity index (χ3n) is 6.91. The average molecular weight is 407 g/mol. The molecular weight excluding hydrogens is 372 g/mol. The van der Waals surface area contributed by atoms with Crippen LogP contribution in [0.4, 0.5) is 5.69 Å². The number of nitrogens with one attached hydrogen (secondary N) is 2. The fourth-order valence-electron chi connectivity index (χ4n) is 5.16. The maximum Gasteiger partial charge on any atom is 0.251 e. The Morgan fingerprint density at radius 1 is 1.20 bits per heavy atom. The first-order valence-corrected chi connectivity index (χ1v) is 11.4. The summed E-state index contributed by atoms with van der Waals surface area (Å²) in [5.74, 6) is 0.265. The molecule has 2 aliphatic rings. The van der Waals surface area contributed by atoms with Gasteiger partial charge in [0.05, 0.1) is 6.04 Å². The SMILES string of the molecule is CC[C@H]1C(c2ccccc2)Nc2ccc(C(=O)NCC3CCCN3CC)cc2[C@H]1N. The maximum atomic E-state index is 12.8. The number of nitrogens with two attached hydrogens (primary N) is 1. The van der Waals surface area contributed by atoms with Crippen LogP contribution in [0.25, 0.3) is 0 Å². The number of carbonyl (C=O) groups excluding carboxylic acids is 1. The number of hydrogen-bond donors (Lipinski definition) is 3. The molecule has 5 nitrogen and oxygen atoms in total. The first kappa shape index (κ1) is 20.9. The van der Waals surface area contributed by atoms with Crippen LogP contribution in [0.15, 0.2) is 48.5 Å². The van der Waals surface area contributed by atoms with Crippen LogP contribution in [0.3, 0.4) is 0 Å².